The molecule has 0 unspecified atom stereocenters. The van der Waals surface area contributed by atoms with Crippen LogP contribution >= 0.6 is 0 Å². The van der Waals surface area contributed by atoms with Crippen LogP contribution in [0.1, 0.15) is 33.5 Å². The van der Waals surface area contributed by atoms with Crippen LogP contribution in [0, 0.1) is 0 Å². The summed E-state index contributed by atoms with van der Waals surface area (Å²) >= 11 is 0. The zero-order valence-corrected chi connectivity index (χ0v) is 14.8. The quantitative estimate of drug-likeness (QED) is 0.659. The van der Waals surface area contributed by atoms with Crippen molar-refractivity contribution in [3.63, 3.8) is 0 Å². The maximum absolute atomic E-state index is 12.7. The van der Waals surface area contributed by atoms with Crippen LogP contribution < -0.4 is 0 Å². The molecule has 1 aliphatic carbocycles. The number of fused-ring (bicyclic) bond motifs is 1. The topological polar surface area (TPSA) is 20.3 Å². The van der Waals surface area contributed by atoms with E-state index in [1.54, 1.807) is 0 Å². The van der Waals surface area contributed by atoms with E-state index < -0.39 is 0 Å². The molecular formula is C24H23NO. The van der Waals surface area contributed by atoms with Crippen molar-refractivity contribution in [2.24, 2.45) is 0 Å². The fraction of sp³-hybridized carbons (Fsp3) is 0.208. The van der Waals surface area contributed by atoms with Gasteiger partial charge in [-0.15, -0.1) is 0 Å². The molecule has 2 heteroatoms. The molecule has 0 spiro atoms. The summed E-state index contributed by atoms with van der Waals surface area (Å²) in [5.41, 5.74) is 4.66. The summed E-state index contributed by atoms with van der Waals surface area (Å²) < 4.78 is 0. The van der Waals surface area contributed by atoms with Crippen LogP contribution in [0.2, 0.25) is 0 Å². The van der Waals surface area contributed by atoms with Crippen LogP contribution in [0.5, 0.6) is 0 Å². The van der Waals surface area contributed by atoms with Crippen molar-refractivity contribution in [2.75, 3.05) is 0 Å². The third-order valence-electron chi connectivity index (χ3n) is 5.17. The van der Waals surface area contributed by atoms with Crippen LogP contribution in [0.25, 0.3) is 0 Å². The Morgan fingerprint density at radius 1 is 0.692 bits per heavy atom. The molecule has 1 atom stereocenters. The first-order valence-corrected chi connectivity index (χ1v) is 9.22. The van der Waals surface area contributed by atoms with E-state index in [0.29, 0.717) is 6.42 Å². The van der Waals surface area contributed by atoms with Crippen molar-refractivity contribution in [2.45, 2.75) is 32.0 Å². The second-order valence-electron chi connectivity index (χ2n) is 7.02. The average Bonchev–Trinajstić information content (AvgIpc) is 2.69. The van der Waals surface area contributed by atoms with Crippen molar-refractivity contribution < 1.29 is 4.79 Å². The van der Waals surface area contributed by atoms with Gasteiger partial charge in [0, 0.05) is 31.1 Å². The number of hydrogen-bond acceptors (Lipinski definition) is 2. The Balaban J connectivity index is 1.61. The summed E-state index contributed by atoms with van der Waals surface area (Å²) in [4.78, 5) is 15.1. The normalized spacial score (nSPS) is 16.5. The highest BCUT2D eigenvalue weighted by atomic mass is 16.1. The maximum Gasteiger partial charge on any atom is 0.164 e. The standard InChI is InChI=1S/C24H23NO/c26-24-16-22(15-21-13-7-8-14-23(21)24)25(17-19-9-3-1-4-10-19)18-20-11-5-2-6-12-20/h1-14,22H,15-18H2/t22-/m0/s1. The monoisotopic (exact) mass is 341 g/mol. The van der Waals surface area contributed by atoms with Gasteiger partial charge in [0.25, 0.3) is 0 Å². The lowest BCUT2D eigenvalue weighted by atomic mass is 9.86. The lowest BCUT2D eigenvalue weighted by molar-refractivity contribution is 0.0877. The molecular weight excluding hydrogens is 318 g/mol. The Hall–Kier alpha value is -2.71. The van der Waals surface area contributed by atoms with Crippen molar-refractivity contribution in [1.82, 2.24) is 4.90 Å². The molecule has 0 fully saturated rings. The van der Waals surface area contributed by atoms with Gasteiger partial charge >= 0.3 is 0 Å². The first-order valence-electron chi connectivity index (χ1n) is 9.22. The van der Waals surface area contributed by atoms with Gasteiger partial charge in [-0.2, -0.15) is 0 Å². The minimum Gasteiger partial charge on any atom is -0.294 e. The molecule has 2 nitrogen and oxygen atoms in total. The van der Waals surface area contributed by atoms with Crippen LogP contribution in [-0.2, 0) is 19.5 Å². The number of rotatable bonds is 5. The van der Waals surface area contributed by atoms with Gasteiger partial charge in [-0.3, -0.25) is 9.69 Å². The van der Waals surface area contributed by atoms with Crippen LogP contribution in [0.15, 0.2) is 84.9 Å². The van der Waals surface area contributed by atoms with Crippen molar-refractivity contribution in [1.29, 1.82) is 0 Å². The fourth-order valence-corrected chi connectivity index (χ4v) is 3.83. The Labute approximate surface area is 155 Å². The zero-order valence-electron chi connectivity index (χ0n) is 14.8. The largest absolute Gasteiger partial charge is 0.294 e. The summed E-state index contributed by atoms with van der Waals surface area (Å²) in [6, 6.07) is 29.4. The van der Waals surface area contributed by atoms with Crippen molar-refractivity contribution in [3.8, 4) is 0 Å². The number of benzene rings is 3. The predicted octanol–water partition coefficient (Wildman–Crippen LogP) is 4.89. The summed E-state index contributed by atoms with van der Waals surface area (Å²) in [7, 11) is 0. The summed E-state index contributed by atoms with van der Waals surface area (Å²) in [6.07, 6.45) is 1.53. The highest BCUT2D eigenvalue weighted by Crippen LogP contribution is 2.27. The average molecular weight is 341 g/mol. The SMILES string of the molecule is O=C1C[C@@H](N(Cc2ccccc2)Cc2ccccc2)Cc2ccccc21. The second-order valence-corrected chi connectivity index (χ2v) is 7.02. The molecule has 3 aromatic carbocycles. The van der Waals surface area contributed by atoms with E-state index in [0.717, 1.165) is 25.1 Å². The highest BCUT2D eigenvalue weighted by molar-refractivity contribution is 5.99. The Kier molecular flexibility index (Phi) is 4.94. The molecule has 0 saturated carbocycles. The molecule has 0 saturated heterocycles. The molecule has 26 heavy (non-hydrogen) atoms. The highest BCUT2D eigenvalue weighted by Gasteiger charge is 2.29. The molecule has 0 heterocycles. The number of carbonyl (C=O) groups excluding carboxylic acids is 1. The van der Waals surface area contributed by atoms with Gasteiger partial charge in [0.15, 0.2) is 5.78 Å². The molecule has 1 aliphatic rings. The third-order valence-corrected chi connectivity index (χ3v) is 5.17. The zero-order chi connectivity index (χ0) is 17.8. The van der Waals surface area contributed by atoms with Gasteiger partial charge in [-0.05, 0) is 23.1 Å². The molecule has 0 aliphatic heterocycles. The number of nitrogens with zero attached hydrogens (tertiary/aromatic N) is 1. The van der Waals surface area contributed by atoms with E-state index in [1.165, 1.54) is 16.7 Å². The number of ketones is 1. The third kappa shape index (κ3) is 3.76. The predicted molar refractivity (Wildman–Crippen MR) is 105 cm³/mol. The van der Waals surface area contributed by atoms with Gasteiger partial charge in [0.1, 0.15) is 0 Å². The van der Waals surface area contributed by atoms with E-state index in [2.05, 4.69) is 59.5 Å². The summed E-state index contributed by atoms with van der Waals surface area (Å²) in [5.74, 6) is 0.267. The lowest BCUT2D eigenvalue weighted by Gasteiger charge is -2.35. The van der Waals surface area contributed by atoms with Crippen LogP contribution in [-0.4, -0.2) is 16.7 Å². The Bertz CT molecular complexity index is 831. The molecule has 4 rings (SSSR count). The molecule has 130 valence electrons. The Morgan fingerprint density at radius 3 is 1.85 bits per heavy atom. The second kappa shape index (κ2) is 7.67. The van der Waals surface area contributed by atoms with Gasteiger partial charge in [-0.1, -0.05) is 84.9 Å². The van der Waals surface area contributed by atoms with Gasteiger partial charge < -0.3 is 0 Å². The van der Waals surface area contributed by atoms with Crippen LogP contribution in [0.4, 0.5) is 0 Å². The Morgan fingerprint density at radius 2 is 1.23 bits per heavy atom. The van der Waals surface area contributed by atoms with E-state index in [1.807, 2.05) is 30.3 Å². The lowest BCUT2D eigenvalue weighted by Crippen LogP contribution is -2.40. The first kappa shape index (κ1) is 16.7. The minimum atomic E-state index is 0.234. The molecule has 0 aromatic heterocycles. The number of hydrogen-bond donors (Lipinski definition) is 0. The molecule has 0 N–H and O–H groups in total. The van der Waals surface area contributed by atoms with Crippen LogP contribution in [0.3, 0.4) is 0 Å². The fourth-order valence-electron chi connectivity index (χ4n) is 3.83. The first-order chi connectivity index (χ1) is 12.8. The molecule has 3 aromatic rings. The summed E-state index contributed by atoms with van der Waals surface area (Å²) in [6.45, 7) is 1.71. The number of Topliss-reactive ketones (excluding diaryl/α,β-unsaturated/α-hetero) is 1. The summed E-state index contributed by atoms with van der Waals surface area (Å²) in [5, 5.41) is 0. The van der Waals surface area contributed by atoms with E-state index >= 15 is 0 Å². The molecule has 0 amide bonds. The maximum atomic E-state index is 12.7. The van der Waals surface area contributed by atoms with Gasteiger partial charge in [0.05, 0.1) is 0 Å². The number of carbonyl (C=O) groups is 1. The van der Waals surface area contributed by atoms with Crippen molar-refractivity contribution >= 4 is 5.78 Å². The van der Waals surface area contributed by atoms with E-state index in [-0.39, 0.29) is 11.8 Å². The van der Waals surface area contributed by atoms with Gasteiger partial charge in [0.2, 0.25) is 0 Å². The molecule has 0 bridgehead atoms. The molecule has 0 radical (unpaired) electrons. The van der Waals surface area contributed by atoms with Gasteiger partial charge in [-0.25, -0.2) is 0 Å². The smallest absolute Gasteiger partial charge is 0.164 e. The van der Waals surface area contributed by atoms with E-state index in [9.17, 15) is 4.79 Å². The van der Waals surface area contributed by atoms with E-state index in [4.69, 9.17) is 0 Å². The van der Waals surface area contributed by atoms with Crippen molar-refractivity contribution in [3.05, 3.63) is 107 Å². The minimum absolute atomic E-state index is 0.234.